The summed E-state index contributed by atoms with van der Waals surface area (Å²) in [4.78, 5) is 10.9. The molecule has 1 aromatic carbocycles. The summed E-state index contributed by atoms with van der Waals surface area (Å²) < 4.78 is 0. The van der Waals surface area contributed by atoms with E-state index in [9.17, 15) is 20.1 Å². The summed E-state index contributed by atoms with van der Waals surface area (Å²) in [6.45, 7) is 6.70. The van der Waals surface area contributed by atoms with Gasteiger partial charge in [0.2, 0.25) is 5.75 Å². The number of aromatic hydroxyl groups is 3. The zero-order valence-electron chi connectivity index (χ0n) is 14.2. The fourth-order valence-electron chi connectivity index (χ4n) is 4.98. The van der Waals surface area contributed by atoms with E-state index in [1.165, 1.54) is 12.1 Å². The largest absolute Gasteiger partial charge is 0.504 e. The summed E-state index contributed by atoms with van der Waals surface area (Å²) >= 11 is 0. The van der Waals surface area contributed by atoms with Crippen LogP contribution in [0.4, 0.5) is 0 Å². The molecule has 2 fully saturated rings. The molecule has 0 heterocycles. The summed E-state index contributed by atoms with van der Waals surface area (Å²) in [6.07, 6.45) is 5.41. The second-order valence-electron chi connectivity index (χ2n) is 7.93. The van der Waals surface area contributed by atoms with Crippen molar-refractivity contribution >= 4 is 12.0 Å². The standard InChI is InChI=1S/C19H24O5/c1-18(2)11-6-7-19(18,3)12(9-11)15-10(4-5-14(21)22)8-13(20)16(23)17(15)24/h4-5,8,11-12,20,23-24H,6-7,9H2,1-3H3,(H,21,22). The molecule has 3 atom stereocenters. The van der Waals surface area contributed by atoms with Crippen LogP contribution in [0.25, 0.3) is 6.08 Å². The quantitative estimate of drug-likeness (QED) is 0.498. The number of carboxylic acids is 1. The van der Waals surface area contributed by atoms with Crippen molar-refractivity contribution < 1.29 is 25.2 Å². The molecule has 0 radical (unpaired) electrons. The molecule has 2 saturated carbocycles. The molecule has 5 nitrogen and oxygen atoms in total. The minimum atomic E-state index is -1.10. The number of carboxylic acid groups (broad SMARTS) is 1. The third-order valence-electron chi connectivity index (χ3n) is 6.87. The number of hydrogen-bond donors (Lipinski definition) is 4. The van der Waals surface area contributed by atoms with E-state index in [0.717, 1.165) is 25.3 Å². The van der Waals surface area contributed by atoms with Crippen LogP contribution in [0.1, 0.15) is 57.1 Å². The first kappa shape index (κ1) is 16.7. The second-order valence-corrected chi connectivity index (χ2v) is 7.93. The van der Waals surface area contributed by atoms with E-state index in [-0.39, 0.29) is 22.5 Å². The van der Waals surface area contributed by atoms with Crippen molar-refractivity contribution in [2.75, 3.05) is 0 Å². The number of benzene rings is 1. The van der Waals surface area contributed by atoms with Crippen molar-refractivity contribution in [3.05, 3.63) is 23.3 Å². The minimum absolute atomic E-state index is 0.00574. The monoisotopic (exact) mass is 332 g/mol. The maximum absolute atomic E-state index is 10.9. The molecule has 24 heavy (non-hydrogen) atoms. The zero-order valence-corrected chi connectivity index (χ0v) is 14.2. The Balaban J connectivity index is 2.18. The van der Waals surface area contributed by atoms with Gasteiger partial charge in [0.25, 0.3) is 0 Å². The van der Waals surface area contributed by atoms with Crippen LogP contribution in [-0.4, -0.2) is 26.4 Å². The van der Waals surface area contributed by atoms with Crippen LogP contribution < -0.4 is 0 Å². The van der Waals surface area contributed by atoms with Crippen LogP contribution >= 0.6 is 0 Å². The summed E-state index contributed by atoms with van der Waals surface area (Å²) in [7, 11) is 0. The molecule has 0 aliphatic heterocycles. The molecule has 3 unspecified atom stereocenters. The van der Waals surface area contributed by atoms with E-state index in [2.05, 4.69) is 20.8 Å². The van der Waals surface area contributed by atoms with Crippen molar-refractivity contribution in [1.82, 2.24) is 0 Å². The average Bonchev–Trinajstić information content (AvgIpc) is 2.83. The molecule has 3 rings (SSSR count). The van der Waals surface area contributed by atoms with Gasteiger partial charge in [-0.2, -0.15) is 0 Å². The van der Waals surface area contributed by atoms with Crippen LogP contribution in [0, 0.1) is 16.7 Å². The van der Waals surface area contributed by atoms with Crippen molar-refractivity contribution in [2.24, 2.45) is 16.7 Å². The van der Waals surface area contributed by atoms with E-state index in [4.69, 9.17) is 5.11 Å². The van der Waals surface area contributed by atoms with Gasteiger partial charge in [0.05, 0.1) is 0 Å². The van der Waals surface area contributed by atoms with E-state index in [1.807, 2.05) is 0 Å². The highest BCUT2D eigenvalue weighted by Crippen LogP contribution is 2.72. The summed E-state index contributed by atoms with van der Waals surface area (Å²) in [5.41, 5.74) is 1.04. The fourth-order valence-corrected chi connectivity index (χ4v) is 4.98. The van der Waals surface area contributed by atoms with Gasteiger partial charge in [0.15, 0.2) is 11.5 Å². The van der Waals surface area contributed by atoms with Crippen LogP contribution in [0.2, 0.25) is 0 Å². The molecule has 4 N–H and O–H groups in total. The molecule has 0 saturated heterocycles. The smallest absolute Gasteiger partial charge is 0.328 e. The van der Waals surface area contributed by atoms with Gasteiger partial charge in [-0.15, -0.1) is 0 Å². The Kier molecular flexibility index (Phi) is 3.59. The lowest BCUT2D eigenvalue weighted by Crippen LogP contribution is -2.31. The first-order valence-electron chi connectivity index (χ1n) is 8.28. The number of rotatable bonds is 3. The zero-order chi connectivity index (χ0) is 17.9. The van der Waals surface area contributed by atoms with Crippen molar-refractivity contribution in [1.29, 1.82) is 0 Å². The Morgan fingerprint density at radius 2 is 1.88 bits per heavy atom. The molecule has 0 aromatic heterocycles. The van der Waals surface area contributed by atoms with Gasteiger partial charge in [-0.3, -0.25) is 0 Å². The molecule has 1 aromatic rings. The Bertz CT molecular complexity index is 734. The highest BCUT2D eigenvalue weighted by molar-refractivity contribution is 5.86. The van der Waals surface area contributed by atoms with Gasteiger partial charge >= 0.3 is 5.97 Å². The van der Waals surface area contributed by atoms with Gasteiger partial charge in [-0.25, -0.2) is 4.79 Å². The molecule has 2 bridgehead atoms. The van der Waals surface area contributed by atoms with E-state index < -0.39 is 17.5 Å². The predicted molar refractivity (Wildman–Crippen MR) is 90.1 cm³/mol. The van der Waals surface area contributed by atoms with Crippen molar-refractivity contribution in [3.63, 3.8) is 0 Å². The van der Waals surface area contributed by atoms with Crippen molar-refractivity contribution in [3.8, 4) is 17.2 Å². The van der Waals surface area contributed by atoms with Crippen LogP contribution in [0.3, 0.4) is 0 Å². The second kappa shape index (κ2) is 5.16. The molecular weight excluding hydrogens is 308 g/mol. The minimum Gasteiger partial charge on any atom is -0.504 e. The molecule has 130 valence electrons. The molecule has 2 aliphatic rings. The first-order valence-corrected chi connectivity index (χ1v) is 8.28. The maximum atomic E-state index is 10.9. The summed E-state index contributed by atoms with van der Waals surface area (Å²) in [6, 6.07) is 1.33. The SMILES string of the molecule is CC1(C)C2CCC1(C)C(c1c(C=CC(=O)O)cc(O)c(O)c1O)C2. The van der Waals surface area contributed by atoms with Gasteiger partial charge in [0, 0.05) is 11.6 Å². The van der Waals surface area contributed by atoms with Crippen molar-refractivity contribution in [2.45, 2.75) is 46.0 Å². The first-order chi connectivity index (χ1) is 11.1. The van der Waals surface area contributed by atoms with Crippen LogP contribution in [0.5, 0.6) is 17.2 Å². The normalized spacial score (nSPS) is 31.0. The lowest BCUT2D eigenvalue weighted by atomic mass is 9.64. The van der Waals surface area contributed by atoms with Crippen LogP contribution in [0.15, 0.2) is 12.1 Å². The van der Waals surface area contributed by atoms with Crippen LogP contribution in [-0.2, 0) is 4.79 Å². The summed E-state index contributed by atoms with van der Waals surface area (Å²) in [5.74, 6) is -1.90. The number of hydrogen-bond acceptors (Lipinski definition) is 4. The van der Waals surface area contributed by atoms with Gasteiger partial charge < -0.3 is 20.4 Å². The number of carbonyl (C=O) groups is 1. The highest BCUT2D eigenvalue weighted by Gasteiger charge is 2.62. The fraction of sp³-hybridized carbons (Fsp3) is 0.526. The third-order valence-corrected chi connectivity index (χ3v) is 6.87. The number of fused-ring (bicyclic) bond motifs is 2. The Morgan fingerprint density at radius 3 is 2.38 bits per heavy atom. The number of phenols is 3. The van der Waals surface area contributed by atoms with E-state index in [1.54, 1.807) is 0 Å². The number of phenolic OH excluding ortho intramolecular Hbond substituents is 3. The lowest BCUT2D eigenvalue weighted by molar-refractivity contribution is -0.131. The van der Waals surface area contributed by atoms with Gasteiger partial charge in [-0.05, 0) is 59.6 Å². The maximum Gasteiger partial charge on any atom is 0.328 e. The van der Waals surface area contributed by atoms with E-state index in [0.29, 0.717) is 17.0 Å². The highest BCUT2D eigenvalue weighted by atomic mass is 16.4. The molecule has 0 spiro atoms. The topological polar surface area (TPSA) is 98.0 Å². The number of aliphatic carboxylic acids is 1. The third kappa shape index (κ3) is 2.10. The molecule has 5 heteroatoms. The predicted octanol–water partition coefficient (Wildman–Crippen LogP) is 3.83. The molecular formula is C19H24O5. The Hall–Kier alpha value is -2.17. The molecule has 0 amide bonds. The van der Waals surface area contributed by atoms with E-state index >= 15 is 0 Å². The molecule has 2 aliphatic carbocycles. The average molecular weight is 332 g/mol. The lowest BCUT2D eigenvalue weighted by Gasteiger charge is -2.40. The summed E-state index contributed by atoms with van der Waals surface area (Å²) in [5, 5.41) is 39.2. The Labute approximate surface area is 141 Å². The Morgan fingerprint density at radius 1 is 1.21 bits per heavy atom. The van der Waals surface area contributed by atoms with Gasteiger partial charge in [0.1, 0.15) is 0 Å². The van der Waals surface area contributed by atoms with Gasteiger partial charge in [-0.1, -0.05) is 20.8 Å².